The number of nitrogen functional groups attached to an aromatic ring is 1. The number of carbonyl (C=O) groups excluding carboxylic acids is 1. The summed E-state index contributed by atoms with van der Waals surface area (Å²) in [7, 11) is 0. The van der Waals surface area contributed by atoms with Crippen molar-refractivity contribution in [2.45, 2.75) is 26.3 Å². The van der Waals surface area contributed by atoms with Crippen molar-refractivity contribution in [3.63, 3.8) is 0 Å². The number of nitrogens with zero attached hydrogens (tertiary/aromatic N) is 2. The number of hydrogen-bond donors (Lipinski definition) is 2. The SMILES string of the molecule is CC1CCCN(Cc2cccc(NN)n2)C1=O. The molecule has 17 heavy (non-hydrogen) atoms. The third kappa shape index (κ3) is 2.74. The van der Waals surface area contributed by atoms with Gasteiger partial charge in [-0.3, -0.25) is 4.79 Å². The second kappa shape index (κ2) is 5.14. The molecule has 0 spiro atoms. The maximum Gasteiger partial charge on any atom is 0.225 e. The van der Waals surface area contributed by atoms with E-state index in [0.717, 1.165) is 25.1 Å². The second-order valence-electron chi connectivity index (χ2n) is 4.46. The second-order valence-corrected chi connectivity index (χ2v) is 4.46. The van der Waals surface area contributed by atoms with Crippen LogP contribution in [0.4, 0.5) is 5.82 Å². The largest absolute Gasteiger partial charge is 0.337 e. The van der Waals surface area contributed by atoms with E-state index < -0.39 is 0 Å². The highest BCUT2D eigenvalue weighted by atomic mass is 16.2. The lowest BCUT2D eigenvalue weighted by atomic mass is 9.99. The summed E-state index contributed by atoms with van der Waals surface area (Å²) >= 11 is 0. The summed E-state index contributed by atoms with van der Waals surface area (Å²) in [4.78, 5) is 18.1. The topological polar surface area (TPSA) is 71.2 Å². The van der Waals surface area contributed by atoms with Crippen molar-refractivity contribution in [1.29, 1.82) is 0 Å². The quantitative estimate of drug-likeness (QED) is 0.607. The Morgan fingerprint density at radius 1 is 1.59 bits per heavy atom. The number of amides is 1. The van der Waals surface area contributed by atoms with E-state index in [9.17, 15) is 4.79 Å². The first kappa shape index (κ1) is 11.9. The number of aromatic nitrogens is 1. The summed E-state index contributed by atoms with van der Waals surface area (Å²) < 4.78 is 0. The van der Waals surface area contributed by atoms with E-state index >= 15 is 0 Å². The molecule has 1 aliphatic rings. The molecule has 1 aromatic heterocycles. The lowest BCUT2D eigenvalue weighted by molar-refractivity contribution is -0.138. The fourth-order valence-electron chi connectivity index (χ4n) is 2.13. The Morgan fingerprint density at radius 2 is 2.41 bits per heavy atom. The number of likely N-dealkylation sites (tertiary alicyclic amines) is 1. The van der Waals surface area contributed by atoms with E-state index in [4.69, 9.17) is 5.84 Å². The van der Waals surface area contributed by atoms with E-state index in [1.165, 1.54) is 0 Å². The average molecular weight is 234 g/mol. The third-order valence-electron chi connectivity index (χ3n) is 3.11. The minimum Gasteiger partial charge on any atom is -0.337 e. The van der Waals surface area contributed by atoms with Crippen LogP contribution in [0, 0.1) is 5.92 Å². The summed E-state index contributed by atoms with van der Waals surface area (Å²) in [6.07, 6.45) is 2.06. The number of nitrogens with one attached hydrogen (secondary N) is 1. The summed E-state index contributed by atoms with van der Waals surface area (Å²) in [5, 5.41) is 0. The van der Waals surface area contributed by atoms with Gasteiger partial charge in [-0.1, -0.05) is 13.0 Å². The molecule has 0 saturated carbocycles. The lowest BCUT2D eigenvalue weighted by Gasteiger charge is -2.30. The molecule has 1 aromatic rings. The molecule has 5 nitrogen and oxygen atoms in total. The predicted octanol–water partition coefficient (Wildman–Crippen LogP) is 1.13. The molecule has 1 amide bonds. The summed E-state index contributed by atoms with van der Waals surface area (Å²) in [5.41, 5.74) is 3.37. The molecule has 2 heterocycles. The van der Waals surface area contributed by atoms with Gasteiger partial charge in [-0.15, -0.1) is 0 Å². The zero-order valence-corrected chi connectivity index (χ0v) is 10.0. The fraction of sp³-hybridized carbons (Fsp3) is 0.500. The number of nitrogens with two attached hydrogens (primary N) is 1. The van der Waals surface area contributed by atoms with Gasteiger partial charge < -0.3 is 10.3 Å². The Kier molecular flexibility index (Phi) is 3.58. The molecule has 1 saturated heterocycles. The molecular formula is C12H18N4O. The average Bonchev–Trinajstić information content (AvgIpc) is 2.35. The molecule has 0 radical (unpaired) electrons. The minimum atomic E-state index is 0.138. The highest BCUT2D eigenvalue weighted by Crippen LogP contribution is 2.19. The maximum absolute atomic E-state index is 11.9. The van der Waals surface area contributed by atoms with Crippen molar-refractivity contribution >= 4 is 11.7 Å². The van der Waals surface area contributed by atoms with Gasteiger partial charge in [0.1, 0.15) is 5.82 Å². The van der Waals surface area contributed by atoms with Crippen LogP contribution in [0.3, 0.4) is 0 Å². The molecule has 0 aliphatic carbocycles. The Balaban J connectivity index is 2.06. The smallest absolute Gasteiger partial charge is 0.225 e. The van der Waals surface area contributed by atoms with Crippen molar-refractivity contribution in [2.75, 3.05) is 12.0 Å². The molecule has 1 aliphatic heterocycles. The van der Waals surface area contributed by atoms with Gasteiger partial charge in [-0.05, 0) is 25.0 Å². The van der Waals surface area contributed by atoms with Crippen molar-refractivity contribution < 1.29 is 4.79 Å². The third-order valence-corrected chi connectivity index (χ3v) is 3.11. The van der Waals surface area contributed by atoms with E-state index in [-0.39, 0.29) is 11.8 Å². The Bertz CT molecular complexity index is 407. The van der Waals surface area contributed by atoms with Gasteiger partial charge in [0.2, 0.25) is 5.91 Å². The van der Waals surface area contributed by atoms with Gasteiger partial charge in [0, 0.05) is 12.5 Å². The van der Waals surface area contributed by atoms with Gasteiger partial charge in [0.25, 0.3) is 0 Å². The summed E-state index contributed by atoms with van der Waals surface area (Å²) in [6.45, 7) is 3.38. The van der Waals surface area contributed by atoms with Gasteiger partial charge in [0.15, 0.2) is 0 Å². The first-order chi connectivity index (χ1) is 8.20. The van der Waals surface area contributed by atoms with Crippen LogP contribution < -0.4 is 11.3 Å². The first-order valence-corrected chi connectivity index (χ1v) is 5.92. The number of piperidine rings is 1. The summed E-state index contributed by atoms with van der Waals surface area (Å²) in [6, 6.07) is 5.59. The zero-order chi connectivity index (χ0) is 12.3. The van der Waals surface area contributed by atoms with Crippen LogP contribution in [0.5, 0.6) is 0 Å². The van der Waals surface area contributed by atoms with Crippen molar-refractivity contribution in [1.82, 2.24) is 9.88 Å². The minimum absolute atomic E-state index is 0.138. The van der Waals surface area contributed by atoms with Gasteiger partial charge >= 0.3 is 0 Å². The van der Waals surface area contributed by atoms with E-state index in [2.05, 4.69) is 10.4 Å². The molecular weight excluding hydrogens is 216 g/mol. The van der Waals surface area contributed by atoms with Gasteiger partial charge in [0.05, 0.1) is 12.2 Å². The standard InChI is InChI=1S/C12H18N4O/c1-9-4-3-7-16(12(9)17)8-10-5-2-6-11(14-10)15-13/h2,5-6,9H,3-4,7-8,13H2,1H3,(H,14,15). The Labute approximate surface area is 101 Å². The lowest BCUT2D eigenvalue weighted by Crippen LogP contribution is -2.39. The molecule has 1 unspecified atom stereocenters. The highest BCUT2D eigenvalue weighted by molar-refractivity contribution is 5.79. The highest BCUT2D eigenvalue weighted by Gasteiger charge is 2.25. The molecule has 0 aromatic carbocycles. The van der Waals surface area contributed by atoms with Crippen LogP contribution >= 0.6 is 0 Å². The van der Waals surface area contributed by atoms with Crippen LogP contribution in [0.2, 0.25) is 0 Å². The number of hydrogen-bond acceptors (Lipinski definition) is 4. The molecule has 0 bridgehead atoms. The van der Waals surface area contributed by atoms with Gasteiger partial charge in [-0.2, -0.15) is 0 Å². The molecule has 92 valence electrons. The van der Waals surface area contributed by atoms with Crippen molar-refractivity contribution in [3.05, 3.63) is 23.9 Å². The first-order valence-electron chi connectivity index (χ1n) is 5.92. The van der Waals surface area contributed by atoms with E-state index in [1.807, 2.05) is 24.0 Å². The molecule has 1 fully saturated rings. The molecule has 3 N–H and O–H groups in total. The van der Waals surface area contributed by atoms with Crippen LogP contribution in [-0.2, 0) is 11.3 Å². The molecule has 1 atom stereocenters. The maximum atomic E-state index is 11.9. The normalized spacial score (nSPS) is 20.5. The van der Waals surface area contributed by atoms with Crippen LogP contribution in [0.15, 0.2) is 18.2 Å². The van der Waals surface area contributed by atoms with E-state index in [1.54, 1.807) is 6.07 Å². The Morgan fingerprint density at radius 3 is 3.18 bits per heavy atom. The monoisotopic (exact) mass is 234 g/mol. The van der Waals surface area contributed by atoms with Gasteiger partial charge in [-0.25, -0.2) is 10.8 Å². The van der Waals surface area contributed by atoms with E-state index in [0.29, 0.717) is 12.4 Å². The van der Waals surface area contributed by atoms with Crippen LogP contribution in [0.25, 0.3) is 0 Å². The van der Waals surface area contributed by atoms with Crippen molar-refractivity contribution in [3.8, 4) is 0 Å². The molecule has 5 heteroatoms. The number of hydrazine groups is 1. The fourth-order valence-corrected chi connectivity index (χ4v) is 2.13. The Hall–Kier alpha value is -1.62. The predicted molar refractivity (Wildman–Crippen MR) is 65.9 cm³/mol. The summed E-state index contributed by atoms with van der Waals surface area (Å²) in [5.74, 6) is 6.30. The number of carbonyl (C=O) groups is 1. The van der Waals surface area contributed by atoms with Crippen LogP contribution in [-0.4, -0.2) is 22.3 Å². The number of rotatable bonds is 3. The number of pyridine rings is 1. The molecule has 2 rings (SSSR count). The van der Waals surface area contributed by atoms with Crippen molar-refractivity contribution in [2.24, 2.45) is 11.8 Å². The zero-order valence-electron chi connectivity index (χ0n) is 10.0. The number of anilines is 1. The van der Waals surface area contributed by atoms with Crippen LogP contribution in [0.1, 0.15) is 25.5 Å².